The Morgan fingerprint density at radius 1 is 1.12 bits per heavy atom. The number of hydrogen-bond donors (Lipinski definition) is 0. The predicted molar refractivity (Wildman–Crippen MR) is 146 cm³/mol. The first-order chi connectivity index (χ1) is 16.4. The molecule has 1 saturated heterocycles. The highest BCUT2D eigenvalue weighted by Crippen LogP contribution is 2.39. The van der Waals surface area contributed by atoms with Crippen LogP contribution in [0.15, 0.2) is 70.0 Å². The molecular weight excluding hydrogens is 554 g/mol. The van der Waals surface area contributed by atoms with Crippen LogP contribution in [0.2, 0.25) is 5.02 Å². The van der Waals surface area contributed by atoms with Gasteiger partial charge >= 0.3 is 0 Å². The fourth-order valence-electron chi connectivity index (χ4n) is 3.36. The third-order valence-corrected chi connectivity index (χ3v) is 7.68. The van der Waals surface area contributed by atoms with Crippen LogP contribution in [0.4, 0.5) is 0 Å². The van der Waals surface area contributed by atoms with Crippen LogP contribution in [0.1, 0.15) is 22.3 Å². The van der Waals surface area contributed by atoms with Crippen LogP contribution in [0, 0.1) is 6.92 Å². The van der Waals surface area contributed by atoms with Gasteiger partial charge in [0, 0.05) is 15.1 Å². The van der Waals surface area contributed by atoms with Crippen LogP contribution in [0.3, 0.4) is 0 Å². The number of thiocarbonyl (C=S) groups is 1. The number of hydrogen-bond acceptors (Lipinski definition) is 5. The minimum absolute atomic E-state index is 0.111. The van der Waals surface area contributed by atoms with Crippen molar-refractivity contribution < 1.29 is 14.3 Å². The lowest BCUT2D eigenvalue weighted by atomic mass is 10.1. The molecule has 34 heavy (non-hydrogen) atoms. The molecule has 0 bridgehead atoms. The van der Waals surface area contributed by atoms with E-state index in [1.165, 1.54) is 17.3 Å². The molecule has 0 unspecified atom stereocenters. The molecule has 8 heteroatoms. The molecule has 1 aliphatic heterocycles. The third kappa shape index (κ3) is 5.66. The SMILES string of the molecule is COc1cc(/C=C2\SC(=S)N(Cc3ccc(C)cc3)C2=O)c(Br)cc1OCc1ccccc1Cl. The van der Waals surface area contributed by atoms with Crippen molar-refractivity contribution in [2.75, 3.05) is 7.11 Å². The van der Waals surface area contributed by atoms with Gasteiger partial charge in [0.25, 0.3) is 5.91 Å². The number of ether oxygens (including phenoxy) is 2. The summed E-state index contributed by atoms with van der Waals surface area (Å²) in [6, 6.07) is 19.3. The van der Waals surface area contributed by atoms with Crippen molar-refractivity contribution in [3.8, 4) is 11.5 Å². The molecule has 0 aliphatic carbocycles. The van der Waals surface area contributed by atoms with Crippen molar-refractivity contribution >= 4 is 67.8 Å². The number of thioether (sulfide) groups is 1. The van der Waals surface area contributed by atoms with Gasteiger partial charge in [-0.3, -0.25) is 9.69 Å². The van der Waals surface area contributed by atoms with Crippen molar-refractivity contribution in [2.45, 2.75) is 20.1 Å². The Morgan fingerprint density at radius 2 is 1.85 bits per heavy atom. The van der Waals surface area contributed by atoms with E-state index in [-0.39, 0.29) is 5.91 Å². The van der Waals surface area contributed by atoms with E-state index in [4.69, 9.17) is 33.3 Å². The fraction of sp³-hybridized carbons (Fsp3) is 0.154. The van der Waals surface area contributed by atoms with E-state index < -0.39 is 0 Å². The van der Waals surface area contributed by atoms with Gasteiger partial charge in [-0.1, -0.05) is 99.5 Å². The Balaban J connectivity index is 1.54. The average Bonchev–Trinajstić information content (AvgIpc) is 3.08. The zero-order chi connectivity index (χ0) is 24.2. The highest BCUT2D eigenvalue weighted by molar-refractivity contribution is 9.10. The minimum atomic E-state index is -0.111. The Bertz CT molecular complexity index is 1280. The first-order valence-corrected chi connectivity index (χ1v) is 12.8. The second-order valence-electron chi connectivity index (χ2n) is 7.66. The van der Waals surface area contributed by atoms with E-state index in [0.29, 0.717) is 38.9 Å². The molecule has 0 radical (unpaired) electrons. The van der Waals surface area contributed by atoms with Gasteiger partial charge in [-0.2, -0.15) is 0 Å². The monoisotopic (exact) mass is 573 g/mol. The maximum absolute atomic E-state index is 13.1. The summed E-state index contributed by atoms with van der Waals surface area (Å²) in [5, 5.41) is 0.643. The number of halogens is 2. The minimum Gasteiger partial charge on any atom is -0.493 e. The number of rotatable bonds is 7. The fourth-order valence-corrected chi connectivity index (χ4v) is 5.23. The van der Waals surface area contributed by atoms with Crippen LogP contribution in [0.5, 0.6) is 11.5 Å². The summed E-state index contributed by atoms with van der Waals surface area (Å²) in [5.74, 6) is 1.01. The van der Waals surface area contributed by atoms with Gasteiger partial charge in [-0.05, 0) is 42.3 Å². The smallest absolute Gasteiger partial charge is 0.266 e. The lowest BCUT2D eigenvalue weighted by Gasteiger charge is -2.15. The maximum atomic E-state index is 13.1. The number of amides is 1. The quantitative estimate of drug-likeness (QED) is 0.217. The highest BCUT2D eigenvalue weighted by atomic mass is 79.9. The van der Waals surface area contributed by atoms with E-state index in [1.807, 2.05) is 73.7 Å². The molecule has 0 spiro atoms. The molecule has 0 atom stereocenters. The number of carbonyl (C=O) groups is 1. The third-order valence-electron chi connectivity index (χ3n) is 5.25. The average molecular weight is 575 g/mol. The summed E-state index contributed by atoms with van der Waals surface area (Å²) in [4.78, 5) is 15.3. The number of methoxy groups -OCH3 is 1. The van der Waals surface area contributed by atoms with Crippen molar-refractivity contribution in [3.63, 3.8) is 0 Å². The topological polar surface area (TPSA) is 38.8 Å². The van der Waals surface area contributed by atoms with E-state index in [1.54, 1.807) is 12.0 Å². The van der Waals surface area contributed by atoms with Gasteiger partial charge in [-0.15, -0.1) is 0 Å². The van der Waals surface area contributed by atoms with E-state index in [9.17, 15) is 4.79 Å². The van der Waals surface area contributed by atoms with E-state index in [0.717, 1.165) is 21.2 Å². The van der Waals surface area contributed by atoms with Gasteiger partial charge in [-0.25, -0.2) is 0 Å². The molecule has 1 aliphatic rings. The Hall–Kier alpha value is -2.32. The molecule has 0 aromatic heterocycles. The van der Waals surface area contributed by atoms with Gasteiger partial charge in [0.1, 0.15) is 10.9 Å². The van der Waals surface area contributed by atoms with Gasteiger partial charge in [0.05, 0.1) is 18.6 Å². The molecule has 3 aromatic carbocycles. The Kier molecular flexibility index (Phi) is 7.99. The highest BCUT2D eigenvalue weighted by Gasteiger charge is 2.32. The van der Waals surface area contributed by atoms with Crippen LogP contribution in [-0.4, -0.2) is 22.2 Å². The summed E-state index contributed by atoms with van der Waals surface area (Å²) < 4.78 is 12.8. The van der Waals surface area contributed by atoms with Gasteiger partial charge < -0.3 is 9.47 Å². The lowest BCUT2D eigenvalue weighted by molar-refractivity contribution is -0.122. The zero-order valence-electron chi connectivity index (χ0n) is 18.5. The second kappa shape index (κ2) is 11.0. The summed E-state index contributed by atoms with van der Waals surface area (Å²) >= 11 is 16.6. The van der Waals surface area contributed by atoms with Crippen molar-refractivity contribution in [3.05, 3.63) is 97.3 Å². The van der Waals surface area contributed by atoms with Gasteiger partial charge in [0.2, 0.25) is 0 Å². The van der Waals surface area contributed by atoms with Gasteiger partial charge in [0.15, 0.2) is 11.5 Å². The summed E-state index contributed by atoms with van der Waals surface area (Å²) in [6.07, 6.45) is 1.82. The normalized spacial score (nSPS) is 14.7. The predicted octanol–water partition coefficient (Wildman–Crippen LogP) is 7.40. The second-order valence-corrected chi connectivity index (χ2v) is 10.6. The molecular formula is C26H21BrClNO3S2. The lowest BCUT2D eigenvalue weighted by Crippen LogP contribution is -2.27. The molecule has 0 saturated carbocycles. The summed E-state index contributed by atoms with van der Waals surface area (Å²) in [7, 11) is 1.58. The first-order valence-electron chi connectivity index (χ1n) is 10.4. The number of benzene rings is 3. The molecule has 4 nitrogen and oxygen atoms in total. The standard InChI is InChI=1S/C26H21BrClNO3S2/c1-16-7-9-17(10-8-16)14-29-25(30)24(34-26(29)33)12-19-11-22(31-2)23(13-20(19)27)32-15-18-5-3-4-6-21(18)28/h3-13H,14-15H2,1-2H3/b24-12-. The Labute approximate surface area is 222 Å². The molecule has 1 amide bonds. The molecule has 0 N–H and O–H groups in total. The van der Waals surface area contributed by atoms with E-state index >= 15 is 0 Å². The largest absolute Gasteiger partial charge is 0.493 e. The molecule has 1 fully saturated rings. The first kappa shape index (κ1) is 24.8. The maximum Gasteiger partial charge on any atom is 0.266 e. The number of aryl methyl sites for hydroxylation is 1. The van der Waals surface area contributed by atoms with Crippen molar-refractivity contribution in [2.24, 2.45) is 0 Å². The van der Waals surface area contributed by atoms with Crippen LogP contribution >= 0.6 is 51.5 Å². The summed E-state index contributed by atoms with van der Waals surface area (Å²) in [6.45, 7) is 2.78. The van der Waals surface area contributed by atoms with Crippen LogP contribution in [-0.2, 0) is 17.9 Å². The number of nitrogens with zero attached hydrogens (tertiary/aromatic N) is 1. The molecule has 174 valence electrons. The van der Waals surface area contributed by atoms with Crippen molar-refractivity contribution in [1.82, 2.24) is 4.90 Å². The summed E-state index contributed by atoms with van der Waals surface area (Å²) in [5.41, 5.74) is 3.87. The Morgan fingerprint density at radius 3 is 2.56 bits per heavy atom. The zero-order valence-corrected chi connectivity index (χ0v) is 22.5. The van der Waals surface area contributed by atoms with Crippen LogP contribution in [0.25, 0.3) is 6.08 Å². The number of carbonyl (C=O) groups excluding carboxylic acids is 1. The van der Waals surface area contributed by atoms with Crippen molar-refractivity contribution in [1.29, 1.82) is 0 Å². The van der Waals surface area contributed by atoms with Crippen LogP contribution < -0.4 is 9.47 Å². The molecule has 1 heterocycles. The molecule has 4 rings (SSSR count). The molecule has 3 aromatic rings. The van der Waals surface area contributed by atoms with E-state index in [2.05, 4.69) is 15.9 Å².